The minimum atomic E-state index is -0.388. The molecule has 1 amide bonds. The van der Waals surface area contributed by atoms with Crippen LogP contribution in [0.15, 0.2) is 35.3 Å². The van der Waals surface area contributed by atoms with Gasteiger partial charge in [0, 0.05) is 5.56 Å². The molecule has 0 spiro atoms. The van der Waals surface area contributed by atoms with Gasteiger partial charge in [0.2, 0.25) is 11.8 Å². The van der Waals surface area contributed by atoms with Gasteiger partial charge in [-0.1, -0.05) is 23.7 Å². The lowest BCUT2D eigenvalue weighted by atomic mass is 10.0. The molecule has 3 N–H and O–H groups in total. The lowest BCUT2D eigenvalue weighted by Crippen LogP contribution is -2.22. The van der Waals surface area contributed by atoms with Gasteiger partial charge in [-0.2, -0.15) is 0 Å². The number of thiophene rings is 1. The zero-order chi connectivity index (χ0) is 18.9. The van der Waals surface area contributed by atoms with Crippen molar-refractivity contribution < 1.29 is 14.3 Å². The van der Waals surface area contributed by atoms with Gasteiger partial charge in [-0.25, -0.2) is 4.99 Å². The number of rotatable bonds is 5. The number of carbonyl (C=O) groups excluding carboxylic acids is 2. The molecule has 0 bridgehead atoms. The SMILES string of the molecule is CC1(C)COC(c2cc(C(=O)c3ccccc3Cl)c(NC(=O)CN)s2)=N1. The van der Waals surface area contributed by atoms with Gasteiger partial charge in [0.25, 0.3) is 0 Å². The molecule has 1 aliphatic heterocycles. The first-order valence-electron chi connectivity index (χ1n) is 7.97. The van der Waals surface area contributed by atoms with Crippen LogP contribution < -0.4 is 11.1 Å². The summed E-state index contributed by atoms with van der Waals surface area (Å²) >= 11 is 7.38. The van der Waals surface area contributed by atoms with E-state index < -0.39 is 0 Å². The second-order valence-corrected chi connectivity index (χ2v) is 7.89. The third-order valence-corrected chi connectivity index (χ3v) is 5.08. The summed E-state index contributed by atoms with van der Waals surface area (Å²) in [5, 5.41) is 3.42. The molecular weight excluding hydrogens is 374 g/mol. The van der Waals surface area contributed by atoms with Gasteiger partial charge in [-0.15, -0.1) is 11.3 Å². The fourth-order valence-corrected chi connectivity index (χ4v) is 3.67. The molecule has 1 aromatic carbocycles. The lowest BCUT2D eigenvalue weighted by Gasteiger charge is -2.07. The number of hydrogen-bond donors (Lipinski definition) is 2. The van der Waals surface area contributed by atoms with Crippen molar-refractivity contribution in [3.8, 4) is 0 Å². The molecule has 0 radical (unpaired) electrons. The van der Waals surface area contributed by atoms with Crippen LogP contribution in [-0.4, -0.2) is 36.3 Å². The molecule has 0 unspecified atom stereocenters. The summed E-state index contributed by atoms with van der Waals surface area (Å²) in [5.41, 5.74) is 5.74. The molecule has 136 valence electrons. The van der Waals surface area contributed by atoms with Crippen LogP contribution in [0.25, 0.3) is 0 Å². The third-order valence-electron chi connectivity index (χ3n) is 3.71. The number of carbonyl (C=O) groups is 2. The predicted molar refractivity (Wildman–Crippen MR) is 103 cm³/mol. The molecule has 6 nitrogen and oxygen atoms in total. The molecule has 8 heteroatoms. The Morgan fingerprint density at radius 1 is 1.35 bits per heavy atom. The molecule has 26 heavy (non-hydrogen) atoms. The zero-order valence-electron chi connectivity index (χ0n) is 14.3. The van der Waals surface area contributed by atoms with Crippen molar-refractivity contribution in [1.82, 2.24) is 0 Å². The topological polar surface area (TPSA) is 93.8 Å². The Morgan fingerprint density at radius 3 is 2.69 bits per heavy atom. The second-order valence-electron chi connectivity index (χ2n) is 6.43. The van der Waals surface area contributed by atoms with Gasteiger partial charge in [-0.3, -0.25) is 9.59 Å². The molecule has 0 fully saturated rings. The van der Waals surface area contributed by atoms with Crippen LogP contribution in [0, 0.1) is 0 Å². The van der Waals surface area contributed by atoms with Gasteiger partial charge in [-0.05, 0) is 32.0 Å². The first-order chi connectivity index (χ1) is 12.3. The van der Waals surface area contributed by atoms with E-state index in [9.17, 15) is 9.59 Å². The summed E-state index contributed by atoms with van der Waals surface area (Å²) in [7, 11) is 0. The molecule has 0 atom stereocenters. The summed E-state index contributed by atoms with van der Waals surface area (Å²) < 4.78 is 5.65. The Bertz CT molecular complexity index is 905. The average Bonchev–Trinajstić information content (AvgIpc) is 3.17. The van der Waals surface area contributed by atoms with Crippen LogP contribution >= 0.6 is 22.9 Å². The normalized spacial score (nSPS) is 15.3. The fraction of sp³-hybridized carbons (Fsp3) is 0.278. The van der Waals surface area contributed by atoms with E-state index in [0.717, 1.165) is 0 Å². The van der Waals surface area contributed by atoms with E-state index >= 15 is 0 Å². The molecule has 1 aliphatic rings. The van der Waals surface area contributed by atoms with E-state index in [1.807, 2.05) is 13.8 Å². The first-order valence-corrected chi connectivity index (χ1v) is 9.16. The Hall–Kier alpha value is -2.22. The Labute approximate surface area is 160 Å². The molecular formula is C18H18ClN3O3S. The van der Waals surface area contributed by atoms with E-state index in [2.05, 4.69) is 10.3 Å². The Morgan fingerprint density at radius 2 is 2.08 bits per heavy atom. The van der Waals surface area contributed by atoms with Gasteiger partial charge in [0.1, 0.15) is 11.6 Å². The predicted octanol–water partition coefficient (Wildman–Crippen LogP) is 3.09. The third kappa shape index (κ3) is 3.80. The van der Waals surface area contributed by atoms with Crippen LogP contribution in [0.5, 0.6) is 0 Å². The second kappa shape index (κ2) is 7.19. The van der Waals surface area contributed by atoms with Crippen molar-refractivity contribution in [1.29, 1.82) is 0 Å². The number of ketones is 1. The maximum absolute atomic E-state index is 13.0. The monoisotopic (exact) mass is 391 g/mol. The van der Waals surface area contributed by atoms with Crippen molar-refractivity contribution in [2.45, 2.75) is 19.4 Å². The van der Waals surface area contributed by atoms with Crippen LogP contribution in [-0.2, 0) is 9.53 Å². The standard InChI is InChI=1S/C18H18ClN3O3S/c1-18(2)9-25-16(22-18)13-7-11(17(26-13)21-14(23)8-20)15(24)10-5-3-4-6-12(10)19/h3-7H,8-9,20H2,1-2H3,(H,21,23). The number of aliphatic imine (C=N–C) groups is 1. The van der Waals surface area contributed by atoms with Crippen molar-refractivity contribution in [3.05, 3.63) is 51.4 Å². The van der Waals surface area contributed by atoms with E-state index in [-0.39, 0.29) is 23.8 Å². The van der Waals surface area contributed by atoms with Crippen molar-refractivity contribution in [2.75, 3.05) is 18.5 Å². The van der Waals surface area contributed by atoms with Gasteiger partial charge < -0.3 is 15.8 Å². The number of halogens is 1. The highest BCUT2D eigenvalue weighted by Crippen LogP contribution is 2.34. The highest BCUT2D eigenvalue weighted by Gasteiger charge is 2.30. The number of hydrogen-bond acceptors (Lipinski definition) is 6. The molecule has 1 aromatic heterocycles. The summed E-state index contributed by atoms with van der Waals surface area (Å²) in [5.74, 6) is -0.217. The number of nitrogens with zero attached hydrogens (tertiary/aromatic N) is 1. The Kier molecular flexibility index (Phi) is 5.13. The summed E-state index contributed by atoms with van der Waals surface area (Å²) in [4.78, 5) is 29.9. The molecule has 3 rings (SSSR count). The maximum Gasteiger partial charge on any atom is 0.238 e. The number of anilines is 1. The summed E-state index contributed by atoms with van der Waals surface area (Å²) in [6.45, 7) is 4.19. The van der Waals surface area contributed by atoms with E-state index in [1.165, 1.54) is 11.3 Å². The number of nitrogens with two attached hydrogens (primary N) is 1. The number of ether oxygens (including phenoxy) is 1. The maximum atomic E-state index is 13.0. The molecule has 0 saturated carbocycles. The smallest absolute Gasteiger partial charge is 0.238 e. The Balaban J connectivity index is 2.04. The quantitative estimate of drug-likeness (QED) is 0.766. The van der Waals surface area contributed by atoms with Gasteiger partial charge in [0.05, 0.1) is 27.5 Å². The van der Waals surface area contributed by atoms with E-state index in [1.54, 1.807) is 30.3 Å². The van der Waals surface area contributed by atoms with E-state index in [4.69, 9.17) is 22.1 Å². The molecule has 0 saturated heterocycles. The number of benzene rings is 1. The van der Waals surface area contributed by atoms with Crippen LogP contribution in [0.4, 0.5) is 5.00 Å². The fourth-order valence-electron chi connectivity index (χ4n) is 2.44. The summed E-state index contributed by atoms with van der Waals surface area (Å²) in [6, 6.07) is 8.44. The highest BCUT2D eigenvalue weighted by molar-refractivity contribution is 7.18. The minimum Gasteiger partial charge on any atom is -0.474 e. The largest absolute Gasteiger partial charge is 0.474 e. The van der Waals surface area contributed by atoms with Crippen molar-refractivity contribution >= 4 is 45.5 Å². The molecule has 2 aromatic rings. The average molecular weight is 392 g/mol. The van der Waals surface area contributed by atoms with Crippen LogP contribution in [0.2, 0.25) is 5.02 Å². The van der Waals surface area contributed by atoms with Gasteiger partial charge in [0.15, 0.2) is 5.78 Å². The lowest BCUT2D eigenvalue weighted by molar-refractivity contribution is -0.114. The van der Waals surface area contributed by atoms with Crippen molar-refractivity contribution in [2.24, 2.45) is 10.7 Å². The minimum absolute atomic E-state index is 0.183. The van der Waals surface area contributed by atoms with Gasteiger partial charge >= 0.3 is 0 Å². The van der Waals surface area contributed by atoms with E-state index in [0.29, 0.717) is 38.5 Å². The van der Waals surface area contributed by atoms with Crippen LogP contribution in [0.1, 0.15) is 34.6 Å². The molecule has 0 aliphatic carbocycles. The number of amides is 1. The summed E-state index contributed by atoms with van der Waals surface area (Å²) in [6.07, 6.45) is 0. The highest BCUT2D eigenvalue weighted by atomic mass is 35.5. The van der Waals surface area contributed by atoms with Crippen molar-refractivity contribution in [3.63, 3.8) is 0 Å². The molecule has 2 heterocycles. The number of nitrogens with one attached hydrogen (secondary N) is 1. The first kappa shape index (κ1) is 18.6. The van der Waals surface area contributed by atoms with Crippen LogP contribution in [0.3, 0.4) is 0 Å². The zero-order valence-corrected chi connectivity index (χ0v) is 15.9.